The van der Waals surface area contributed by atoms with Crippen molar-refractivity contribution in [1.82, 2.24) is 10.2 Å². The smallest absolute Gasteiger partial charge is 0.244 e. The third-order valence-electron chi connectivity index (χ3n) is 5.55. The maximum atomic E-state index is 13.6. The van der Waals surface area contributed by atoms with Crippen LogP contribution in [0.2, 0.25) is 0 Å². The van der Waals surface area contributed by atoms with Gasteiger partial charge in [-0.15, -0.1) is 0 Å². The first-order chi connectivity index (χ1) is 15.6. The van der Waals surface area contributed by atoms with Crippen LogP contribution in [-0.2, 0) is 26.2 Å². The molecule has 2 atom stereocenters. The summed E-state index contributed by atoms with van der Waals surface area (Å²) in [5, 5.41) is 2.96. The molecule has 0 aliphatic heterocycles. The lowest BCUT2D eigenvalue weighted by Crippen LogP contribution is -2.53. The van der Waals surface area contributed by atoms with E-state index in [1.807, 2.05) is 52.0 Å². The number of aryl methyl sites for hydroxylation is 1. The van der Waals surface area contributed by atoms with Crippen molar-refractivity contribution in [3.05, 3.63) is 65.7 Å². The molecule has 2 rings (SSSR count). The van der Waals surface area contributed by atoms with Gasteiger partial charge in [0.1, 0.15) is 12.6 Å². The number of hydrogen-bond acceptors (Lipinski definition) is 4. The Hall–Kier alpha value is -2.87. The molecule has 1 N–H and O–H groups in total. The van der Waals surface area contributed by atoms with Crippen molar-refractivity contribution < 1.29 is 18.0 Å². The van der Waals surface area contributed by atoms with Gasteiger partial charge >= 0.3 is 0 Å². The summed E-state index contributed by atoms with van der Waals surface area (Å²) >= 11 is 0. The van der Waals surface area contributed by atoms with Crippen LogP contribution in [-0.4, -0.2) is 50.0 Å². The quantitative estimate of drug-likeness (QED) is 0.541. The van der Waals surface area contributed by atoms with Crippen molar-refractivity contribution in [2.75, 3.05) is 17.1 Å². The number of carbonyl (C=O) groups is 2. The van der Waals surface area contributed by atoms with E-state index in [1.54, 1.807) is 30.3 Å². The summed E-state index contributed by atoms with van der Waals surface area (Å²) < 4.78 is 26.1. The van der Waals surface area contributed by atoms with Crippen molar-refractivity contribution in [3.8, 4) is 0 Å². The predicted octanol–water partition coefficient (Wildman–Crippen LogP) is 3.48. The molecular formula is C25H35N3O4S. The molecule has 0 heterocycles. The fraction of sp³-hybridized carbons (Fsp3) is 0.440. The summed E-state index contributed by atoms with van der Waals surface area (Å²) in [6.07, 6.45) is 2.25. The summed E-state index contributed by atoms with van der Waals surface area (Å²) in [6.45, 7) is 7.52. The van der Waals surface area contributed by atoms with Crippen LogP contribution in [0, 0.1) is 6.92 Å². The van der Waals surface area contributed by atoms with Gasteiger partial charge in [0.2, 0.25) is 21.8 Å². The molecule has 0 saturated heterocycles. The number of nitrogens with one attached hydrogen (secondary N) is 1. The van der Waals surface area contributed by atoms with Crippen molar-refractivity contribution >= 4 is 27.5 Å². The minimum absolute atomic E-state index is 0.0284. The van der Waals surface area contributed by atoms with Crippen molar-refractivity contribution in [2.24, 2.45) is 0 Å². The van der Waals surface area contributed by atoms with E-state index >= 15 is 0 Å². The highest BCUT2D eigenvalue weighted by Gasteiger charge is 2.32. The third kappa shape index (κ3) is 7.60. The van der Waals surface area contributed by atoms with Crippen LogP contribution < -0.4 is 9.62 Å². The standard InChI is InChI=1S/C25H35N3O4S/c1-6-20(4)26-25(30)23(7-2)27(17-21-13-11-12-19(3)16-21)24(29)18-28(33(5,31)32)22-14-9-8-10-15-22/h8-16,20,23H,6-7,17-18H2,1-5H3,(H,26,30)/t20-,23+/m0/s1. The van der Waals surface area contributed by atoms with Gasteiger partial charge in [-0.25, -0.2) is 8.42 Å². The highest BCUT2D eigenvalue weighted by atomic mass is 32.2. The highest BCUT2D eigenvalue weighted by molar-refractivity contribution is 7.92. The summed E-state index contributed by atoms with van der Waals surface area (Å²) in [4.78, 5) is 28.1. The number of anilines is 1. The van der Waals surface area contributed by atoms with Crippen LogP contribution in [0.25, 0.3) is 0 Å². The summed E-state index contributed by atoms with van der Waals surface area (Å²) in [7, 11) is -3.72. The van der Waals surface area contributed by atoms with Crippen LogP contribution >= 0.6 is 0 Å². The second-order valence-corrected chi connectivity index (χ2v) is 10.3. The largest absolute Gasteiger partial charge is 0.352 e. The number of hydrogen-bond donors (Lipinski definition) is 1. The molecular weight excluding hydrogens is 438 g/mol. The first kappa shape index (κ1) is 26.4. The Morgan fingerprint density at radius 1 is 1.00 bits per heavy atom. The van der Waals surface area contributed by atoms with Crippen LogP contribution in [0.1, 0.15) is 44.7 Å². The summed E-state index contributed by atoms with van der Waals surface area (Å²) in [5.41, 5.74) is 2.32. The van der Waals surface area contributed by atoms with E-state index in [1.165, 1.54) is 4.90 Å². The van der Waals surface area contributed by atoms with E-state index in [9.17, 15) is 18.0 Å². The van der Waals surface area contributed by atoms with Gasteiger partial charge in [-0.3, -0.25) is 13.9 Å². The molecule has 0 unspecified atom stereocenters. The minimum atomic E-state index is -3.72. The van der Waals surface area contributed by atoms with E-state index in [4.69, 9.17) is 0 Å². The van der Waals surface area contributed by atoms with Gasteiger partial charge in [-0.1, -0.05) is 61.9 Å². The van der Waals surface area contributed by atoms with Gasteiger partial charge in [-0.2, -0.15) is 0 Å². The molecule has 0 aliphatic carbocycles. The molecule has 0 bridgehead atoms. The second kappa shape index (κ2) is 11.8. The second-order valence-electron chi connectivity index (χ2n) is 8.36. The highest BCUT2D eigenvalue weighted by Crippen LogP contribution is 2.19. The van der Waals surface area contributed by atoms with E-state index in [-0.39, 0.29) is 25.0 Å². The molecule has 180 valence electrons. The molecule has 0 spiro atoms. The Balaban J connectivity index is 2.41. The Morgan fingerprint density at radius 2 is 1.67 bits per heavy atom. The molecule has 0 aromatic heterocycles. The van der Waals surface area contributed by atoms with E-state index in [0.29, 0.717) is 12.1 Å². The average molecular weight is 474 g/mol. The molecule has 8 heteroatoms. The topological polar surface area (TPSA) is 86.8 Å². The van der Waals surface area contributed by atoms with Gasteiger partial charge in [0, 0.05) is 12.6 Å². The van der Waals surface area contributed by atoms with Gasteiger partial charge < -0.3 is 10.2 Å². The number of benzene rings is 2. The van der Waals surface area contributed by atoms with E-state index < -0.39 is 22.0 Å². The number of para-hydroxylation sites is 1. The molecule has 0 aliphatic rings. The minimum Gasteiger partial charge on any atom is -0.352 e. The molecule has 2 aromatic rings. The zero-order chi connectivity index (χ0) is 24.6. The fourth-order valence-electron chi connectivity index (χ4n) is 3.58. The SMILES string of the molecule is CC[C@H](C(=O)N[C@@H](C)CC)N(Cc1cccc(C)c1)C(=O)CN(c1ccccc1)S(C)(=O)=O. The summed E-state index contributed by atoms with van der Waals surface area (Å²) in [6, 6.07) is 15.5. The molecule has 7 nitrogen and oxygen atoms in total. The monoisotopic (exact) mass is 473 g/mol. The van der Waals surface area contributed by atoms with Crippen LogP contribution in [0.5, 0.6) is 0 Å². The van der Waals surface area contributed by atoms with Crippen molar-refractivity contribution in [1.29, 1.82) is 0 Å². The molecule has 0 radical (unpaired) electrons. The van der Waals surface area contributed by atoms with Crippen LogP contribution in [0.4, 0.5) is 5.69 Å². The van der Waals surface area contributed by atoms with Gasteiger partial charge in [-0.05, 0) is 44.4 Å². The third-order valence-corrected chi connectivity index (χ3v) is 6.69. The first-order valence-electron chi connectivity index (χ1n) is 11.2. The first-order valence-corrected chi connectivity index (χ1v) is 13.1. The average Bonchev–Trinajstić information content (AvgIpc) is 2.76. The Kier molecular flexibility index (Phi) is 9.46. The van der Waals surface area contributed by atoms with E-state index in [2.05, 4.69) is 5.32 Å². The Labute approximate surface area is 197 Å². The number of rotatable bonds is 11. The lowest BCUT2D eigenvalue weighted by molar-refractivity contribution is -0.140. The summed E-state index contributed by atoms with van der Waals surface area (Å²) in [5.74, 6) is -0.671. The maximum Gasteiger partial charge on any atom is 0.244 e. The Bertz CT molecular complexity index is 1040. The van der Waals surface area contributed by atoms with Gasteiger partial charge in [0.05, 0.1) is 11.9 Å². The number of sulfonamides is 1. The predicted molar refractivity (Wildman–Crippen MR) is 132 cm³/mol. The molecule has 33 heavy (non-hydrogen) atoms. The Morgan fingerprint density at radius 3 is 2.21 bits per heavy atom. The maximum absolute atomic E-state index is 13.6. The molecule has 2 amide bonds. The fourth-order valence-corrected chi connectivity index (χ4v) is 4.43. The van der Waals surface area contributed by atoms with Crippen LogP contribution in [0.15, 0.2) is 54.6 Å². The number of nitrogens with zero attached hydrogens (tertiary/aromatic N) is 2. The van der Waals surface area contributed by atoms with Crippen molar-refractivity contribution in [2.45, 2.75) is 59.2 Å². The zero-order valence-electron chi connectivity index (χ0n) is 20.1. The van der Waals surface area contributed by atoms with Gasteiger partial charge in [0.25, 0.3) is 0 Å². The number of amides is 2. The lowest BCUT2D eigenvalue weighted by atomic mass is 10.1. The zero-order valence-corrected chi connectivity index (χ0v) is 20.9. The molecule has 0 fully saturated rings. The molecule has 0 saturated carbocycles. The number of carbonyl (C=O) groups excluding carboxylic acids is 2. The lowest BCUT2D eigenvalue weighted by Gasteiger charge is -2.33. The molecule has 2 aromatic carbocycles. The van der Waals surface area contributed by atoms with Gasteiger partial charge in [0.15, 0.2) is 0 Å². The van der Waals surface area contributed by atoms with Crippen LogP contribution in [0.3, 0.4) is 0 Å². The van der Waals surface area contributed by atoms with Crippen molar-refractivity contribution in [3.63, 3.8) is 0 Å². The van der Waals surface area contributed by atoms with E-state index in [0.717, 1.165) is 28.1 Å². The normalized spacial score (nSPS) is 13.1.